The lowest BCUT2D eigenvalue weighted by atomic mass is 10.0. The van der Waals surface area contributed by atoms with Crippen LogP contribution < -0.4 is 10.3 Å². The van der Waals surface area contributed by atoms with Crippen molar-refractivity contribution in [2.45, 2.75) is 19.0 Å². The van der Waals surface area contributed by atoms with E-state index in [1.807, 2.05) is 11.1 Å². The van der Waals surface area contributed by atoms with Gasteiger partial charge in [0.1, 0.15) is 5.82 Å². The van der Waals surface area contributed by atoms with E-state index in [-0.39, 0.29) is 11.7 Å². The molecule has 1 aromatic carbocycles. The summed E-state index contributed by atoms with van der Waals surface area (Å²) in [5.74, 6) is 1.13. The number of rotatable bonds is 3. The molecule has 1 saturated heterocycles. The molecule has 1 unspecified atom stereocenters. The third kappa shape index (κ3) is 3.36. The fourth-order valence-electron chi connectivity index (χ4n) is 3.04. The lowest BCUT2D eigenvalue weighted by Gasteiger charge is -2.32. The van der Waals surface area contributed by atoms with Gasteiger partial charge in [-0.25, -0.2) is 4.39 Å². The van der Waals surface area contributed by atoms with Crippen LogP contribution in [-0.2, 0) is 9.53 Å². The molecule has 0 spiro atoms. The minimum atomic E-state index is -0.549. The van der Waals surface area contributed by atoms with E-state index in [2.05, 4.69) is 10.5 Å². The fraction of sp³-hybridized carbons (Fsp3) is 0.412. The standard InChI is InChI=1S/C17H19FN4O2S/c18-13-1-3-14(4-2-13)21-7-8-22-15(16(21)23)19-20-17(22)25-11-12-5-9-24-10-6-12/h1-4,7-8,12,15,19H,5-6,9-11H2. The topological polar surface area (TPSA) is 57.2 Å². The number of nitrogens with zero attached hydrogens (tertiary/aromatic N) is 3. The number of carbonyl (C=O) groups excluding carboxylic acids is 1. The summed E-state index contributed by atoms with van der Waals surface area (Å²) in [5.41, 5.74) is 3.54. The number of hydrogen-bond donors (Lipinski definition) is 1. The van der Waals surface area contributed by atoms with Crippen molar-refractivity contribution in [3.63, 3.8) is 0 Å². The first kappa shape index (κ1) is 16.4. The van der Waals surface area contributed by atoms with Gasteiger partial charge < -0.3 is 4.74 Å². The van der Waals surface area contributed by atoms with Crippen LogP contribution in [0.1, 0.15) is 12.8 Å². The van der Waals surface area contributed by atoms with Gasteiger partial charge in [0.2, 0.25) is 6.17 Å². The zero-order valence-corrected chi connectivity index (χ0v) is 14.4. The molecule has 0 radical (unpaired) electrons. The molecule has 1 N–H and O–H groups in total. The Hall–Kier alpha value is -2.06. The maximum absolute atomic E-state index is 13.1. The molecule has 25 heavy (non-hydrogen) atoms. The van der Waals surface area contributed by atoms with Crippen LogP contribution in [-0.4, -0.2) is 41.1 Å². The number of anilines is 1. The van der Waals surface area contributed by atoms with Crippen molar-refractivity contribution in [3.05, 3.63) is 42.5 Å². The predicted molar refractivity (Wildman–Crippen MR) is 95.2 cm³/mol. The van der Waals surface area contributed by atoms with Crippen molar-refractivity contribution in [2.75, 3.05) is 23.9 Å². The second-order valence-electron chi connectivity index (χ2n) is 6.18. The molecule has 1 aromatic rings. The number of nitrogens with one attached hydrogen (secondary N) is 1. The molecule has 0 saturated carbocycles. The van der Waals surface area contributed by atoms with E-state index in [0.717, 1.165) is 37.0 Å². The lowest BCUT2D eigenvalue weighted by molar-refractivity contribution is -0.122. The van der Waals surface area contributed by atoms with Gasteiger partial charge in [0, 0.05) is 37.1 Å². The Kier molecular flexibility index (Phi) is 4.63. The molecule has 8 heteroatoms. The normalized spacial score (nSPS) is 23.5. The molecule has 3 aliphatic heterocycles. The Bertz CT molecular complexity index is 703. The van der Waals surface area contributed by atoms with Crippen molar-refractivity contribution in [2.24, 2.45) is 11.0 Å². The predicted octanol–water partition coefficient (Wildman–Crippen LogP) is 2.31. The molecule has 1 atom stereocenters. The van der Waals surface area contributed by atoms with E-state index in [1.165, 1.54) is 17.0 Å². The molecule has 4 rings (SSSR count). The third-order valence-corrected chi connectivity index (χ3v) is 5.72. The van der Waals surface area contributed by atoms with Crippen LogP contribution in [0.2, 0.25) is 0 Å². The van der Waals surface area contributed by atoms with Crippen LogP contribution in [0.15, 0.2) is 41.8 Å². The fourth-order valence-corrected chi connectivity index (χ4v) is 4.19. The highest BCUT2D eigenvalue weighted by Gasteiger charge is 2.38. The average molecular weight is 362 g/mol. The van der Waals surface area contributed by atoms with E-state index < -0.39 is 6.17 Å². The molecule has 3 aliphatic rings. The summed E-state index contributed by atoms with van der Waals surface area (Å²) in [5, 5.41) is 5.13. The largest absolute Gasteiger partial charge is 0.381 e. The molecule has 6 nitrogen and oxygen atoms in total. The van der Waals surface area contributed by atoms with Crippen molar-refractivity contribution < 1.29 is 13.9 Å². The summed E-state index contributed by atoms with van der Waals surface area (Å²) >= 11 is 1.66. The number of halogens is 1. The van der Waals surface area contributed by atoms with Gasteiger partial charge in [-0.15, -0.1) is 0 Å². The van der Waals surface area contributed by atoms with Gasteiger partial charge in [-0.3, -0.25) is 20.0 Å². The number of amides is 1. The van der Waals surface area contributed by atoms with Crippen LogP contribution in [0, 0.1) is 11.7 Å². The SMILES string of the molecule is O=C1C2NN=C(SCC3CCOCC3)N2C=CN1c1ccc(F)cc1. The summed E-state index contributed by atoms with van der Waals surface area (Å²) < 4.78 is 18.5. The summed E-state index contributed by atoms with van der Waals surface area (Å²) in [6.45, 7) is 1.65. The first-order valence-corrected chi connectivity index (χ1v) is 9.30. The first-order chi connectivity index (χ1) is 12.2. The van der Waals surface area contributed by atoms with E-state index in [1.54, 1.807) is 30.1 Å². The van der Waals surface area contributed by atoms with Crippen molar-refractivity contribution >= 4 is 28.5 Å². The van der Waals surface area contributed by atoms with E-state index in [9.17, 15) is 9.18 Å². The minimum Gasteiger partial charge on any atom is -0.381 e. The van der Waals surface area contributed by atoms with Gasteiger partial charge in [0.25, 0.3) is 5.91 Å². The van der Waals surface area contributed by atoms with Gasteiger partial charge in [-0.1, -0.05) is 11.8 Å². The zero-order valence-electron chi connectivity index (χ0n) is 13.6. The molecule has 0 bridgehead atoms. The van der Waals surface area contributed by atoms with Gasteiger partial charge >= 0.3 is 0 Å². The monoisotopic (exact) mass is 362 g/mol. The van der Waals surface area contributed by atoms with E-state index >= 15 is 0 Å². The van der Waals surface area contributed by atoms with Crippen LogP contribution in [0.5, 0.6) is 0 Å². The van der Waals surface area contributed by atoms with Gasteiger partial charge in [0.15, 0.2) is 5.17 Å². The summed E-state index contributed by atoms with van der Waals surface area (Å²) in [6.07, 6.45) is 5.14. The number of hydrogen-bond acceptors (Lipinski definition) is 6. The molecule has 3 heterocycles. The van der Waals surface area contributed by atoms with E-state index in [4.69, 9.17) is 4.74 Å². The summed E-state index contributed by atoms with van der Waals surface area (Å²) in [6, 6.07) is 5.86. The Morgan fingerprint density at radius 3 is 2.76 bits per heavy atom. The Morgan fingerprint density at radius 1 is 1.24 bits per heavy atom. The number of fused-ring (bicyclic) bond motifs is 1. The smallest absolute Gasteiger partial charge is 0.276 e. The quantitative estimate of drug-likeness (QED) is 0.894. The van der Waals surface area contributed by atoms with Gasteiger partial charge in [-0.2, -0.15) is 5.10 Å². The lowest BCUT2D eigenvalue weighted by Crippen LogP contribution is -2.52. The number of hydrazone groups is 1. The number of thioether (sulfide) groups is 1. The highest BCUT2D eigenvalue weighted by atomic mass is 32.2. The Morgan fingerprint density at radius 2 is 2.00 bits per heavy atom. The highest BCUT2D eigenvalue weighted by molar-refractivity contribution is 8.13. The first-order valence-electron chi connectivity index (χ1n) is 8.31. The van der Waals surface area contributed by atoms with Gasteiger partial charge in [0.05, 0.1) is 0 Å². The zero-order chi connectivity index (χ0) is 17.2. The summed E-state index contributed by atoms with van der Waals surface area (Å²) in [4.78, 5) is 16.1. The minimum absolute atomic E-state index is 0.139. The molecular formula is C17H19FN4O2S. The van der Waals surface area contributed by atoms with Crippen molar-refractivity contribution in [1.29, 1.82) is 0 Å². The number of amidine groups is 1. The number of ether oxygens (including phenoxy) is 1. The highest BCUT2D eigenvalue weighted by Crippen LogP contribution is 2.28. The maximum atomic E-state index is 13.1. The third-order valence-electron chi connectivity index (χ3n) is 4.52. The molecule has 0 aromatic heterocycles. The van der Waals surface area contributed by atoms with Crippen molar-refractivity contribution in [1.82, 2.24) is 10.3 Å². The Labute approximate surface area is 149 Å². The van der Waals surface area contributed by atoms with Crippen LogP contribution in [0.4, 0.5) is 10.1 Å². The van der Waals surface area contributed by atoms with Gasteiger partial charge in [-0.05, 0) is 43.0 Å². The van der Waals surface area contributed by atoms with Crippen LogP contribution in [0.25, 0.3) is 0 Å². The van der Waals surface area contributed by atoms with Crippen LogP contribution >= 0.6 is 11.8 Å². The maximum Gasteiger partial charge on any atom is 0.276 e. The molecule has 1 amide bonds. The molecule has 1 fully saturated rings. The number of benzene rings is 1. The Balaban J connectivity index is 1.42. The van der Waals surface area contributed by atoms with Crippen molar-refractivity contribution in [3.8, 4) is 0 Å². The molecular weight excluding hydrogens is 343 g/mol. The summed E-state index contributed by atoms with van der Waals surface area (Å²) in [7, 11) is 0. The second-order valence-corrected chi connectivity index (χ2v) is 7.17. The number of carbonyl (C=O) groups is 1. The van der Waals surface area contributed by atoms with Crippen LogP contribution in [0.3, 0.4) is 0 Å². The second kappa shape index (κ2) is 7.05. The molecule has 132 valence electrons. The average Bonchev–Trinajstić information content (AvgIpc) is 3.06. The van der Waals surface area contributed by atoms with E-state index in [0.29, 0.717) is 11.6 Å². The molecule has 0 aliphatic carbocycles.